The van der Waals surface area contributed by atoms with Crippen molar-refractivity contribution in [1.29, 1.82) is 0 Å². The number of methoxy groups -OCH3 is 2. The minimum Gasteiger partial charge on any atom is -0.497 e. The summed E-state index contributed by atoms with van der Waals surface area (Å²) in [7, 11) is 3.27. The Kier molecular flexibility index (Phi) is 7.76. The van der Waals surface area contributed by atoms with Crippen LogP contribution in [0.25, 0.3) is 0 Å². The number of benzene rings is 2. The van der Waals surface area contributed by atoms with Gasteiger partial charge in [-0.2, -0.15) is 0 Å². The van der Waals surface area contributed by atoms with Crippen LogP contribution in [-0.2, 0) is 6.54 Å². The molecule has 0 spiro atoms. The molecule has 0 saturated heterocycles. The largest absolute Gasteiger partial charge is 0.497 e. The highest BCUT2D eigenvalue weighted by molar-refractivity contribution is 5.79. The topological polar surface area (TPSA) is 75.1 Å². The number of guanidine groups is 1. The fraction of sp³-hybridized carbons (Fsp3) is 0.350. The number of aliphatic imine (C=N–C) groups is 1. The van der Waals surface area contributed by atoms with Gasteiger partial charge in [0.05, 0.1) is 26.9 Å². The molecule has 0 fully saturated rings. The van der Waals surface area contributed by atoms with Gasteiger partial charge in [0.1, 0.15) is 11.5 Å². The monoisotopic (exact) mass is 357 g/mol. The molecule has 0 amide bonds. The summed E-state index contributed by atoms with van der Waals surface area (Å²) in [4.78, 5) is 4.56. The molecule has 0 aliphatic carbocycles. The molecule has 0 aliphatic heterocycles. The lowest BCUT2D eigenvalue weighted by Crippen LogP contribution is -2.39. The predicted molar refractivity (Wildman–Crippen MR) is 104 cm³/mol. The summed E-state index contributed by atoms with van der Waals surface area (Å²) in [5.41, 5.74) is 1.87. The molecule has 3 N–H and O–H groups in total. The Bertz CT molecular complexity index is 702. The Morgan fingerprint density at radius 2 is 1.77 bits per heavy atom. The maximum Gasteiger partial charge on any atom is 0.191 e. The lowest BCUT2D eigenvalue weighted by molar-refractivity contribution is 0.180. The zero-order valence-electron chi connectivity index (χ0n) is 15.5. The highest BCUT2D eigenvalue weighted by Crippen LogP contribution is 2.17. The number of nitrogens with one attached hydrogen (secondary N) is 2. The van der Waals surface area contributed by atoms with Gasteiger partial charge >= 0.3 is 0 Å². The van der Waals surface area contributed by atoms with E-state index in [0.717, 1.165) is 29.2 Å². The quantitative estimate of drug-likeness (QED) is 0.500. The number of aliphatic hydroxyl groups excluding tert-OH is 1. The van der Waals surface area contributed by atoms with Crippen molar-refractivity contribution in [2.75, 3.05) is 27.3 Å². The summed E-state index contributed by atoms with van der Waals surface area (Å²) in [5.74, 6) is 2.23. The minimum absolute atomic E-state index is 0.357. The van der Waals surface area contributed by atoms with Gasteiger partial charge in [0, 0.05) is 13.1 Å². The van der Waals surface area contributed by atoms with Crippen molar-refractivity contribution in [2.45, 2.75) is 19.6 Å². The van der Waals surface area contributed by atoms with Crippen LogP contribution in [0, 0.1) is 0 Å². The molecule has 26 heavy (non-hydrogen) atoms. The van der Waals surface area contributed by atoms with E-state index >= 15 is 0 Å². The first-order chi connectivity index (χ1) is 12.7. The molecule has 2 aromatic carbocycles. The van der Waals surface area contributed by atoms with E-state index in [-0.39, 0.29) is 0 Å². The molecular weight excluding hydrogens is 330 g/mol. The summed E-state index contributed by atoms with van der Waals surface area (Å²) in [6.45, 7) is 3.62. The lowest BCUT2D eigenvalue weighted by atomic mass is 10.1. The molecule has 1 unspecified atom stereocenters. The highest BCUT2D eigenvalue weighted by Gasteiger charge is 2.08. The number of hydrogen-bond donors (Lipinski definition) is 3. The van der Waals surface area contributed by atoms with Crippen molar-refractivity contribution in [3.63, 3.8) is 0 Å². The van der Waals surface area contributed by atoms with Crippen LogP contribution in [0.5, 0.6) is 11.5 Å². The van der Waals surface area contributed by atoms with Gasteiger partial charge in [0.2, 0.25) is 0 Å². The number of aliphatic hydroxyl groups is 1. The van der Waals surface area contributed by atoms with E-state index in [0.29, 0.717) is 19.0 Å². The van der Waals surface area contributed by atoms with E-state index in [1.54, 1.807) is 14.2 Å². The highest BCUT2D eigenvalue weighted by atomic mass is 16.5. The van der Waals surface area contributed by atoms with Gasteiger partial charge in [-0.3, -0.25) is 0 Å². The SMILES string of the molecule is CCNC(=NCc1cccc(OC)c1)NCC(O)c1ccc(OC)cc1. The third-order valence-corrected chi connectivity index (χ3v) is 3.86. The van der Waals surface area contributed by atoms with E-state index in [1.807, 2.05) is 55.5 Å². The van der Waals surface area contributed by atoms with Crippen molar-refractivity contribution in [3.05, 3.63) is 59.7 Å². The van der Waals surface area contributed by atoms with Gasteiger partial charge in [0.15, 0.2) is 5.96 Å². The second-order valence-corrected chi connectivity index (χ2v) is 5.72. The van der Waals surface area contributed by atoms with E-state index in [1.165, 1.54) is 0 Å². The first-order valence-corrected chi connectivity index (χ1v) is 8.63. The third-order valence-electron chi connectivity index (χ3n) is 3.86. The predicted octanol–water partition coefficient (Wildman–Crippen LogP) is 2.49. The van der Waals surface area contributed by atoms with E-state index < -0.39 is 6.10 Å². The van der Waals surface area contributed by atoms with Crippen LogP contribution in [0.2, 0.25) is 0 Å². The Morgan fingerprint density at radius 1 is 1.04 bits per heavy atom. The summed E-state index contributed by atoms with van der Waals surface area (Å²) in [6, 6.07) is 15.2. The smallest absolute Gasteiger partial charge is 0.191 e. The van der Waals surface area contributed by atoms with Crippen molar-refractivity contribution in [3.8, 4) is 11.5 Å². The standard InChI is InChI=1S/C20H27N3O3/c1-4-21-20(22-13-15-6-5-7-18(12-15)26-3)23-14-19(24)16-8-10-17(25-2)11-9-16/h5-12,19,24H,4,13-14H2,1-3H3,(H2,21,22,23). The molecule has 6 heteroatoms. The molecule has 0 radical (unpaired) electrons. The van der Waals surface area contributed by atoms with Crippen LogP contribution >= 0.6 is 0 Å². The fourth-order valence-electron chi connectivity index (χ4n) is 2.42. The summed E-state index contributed by atoms with van der Waals surface area (Å²) in [6.07, 6.45) is -0.637. The van der Waals surface area contributed by atoms with Crippen LogP contribution in [0.4, 0.5) is 0 Å². The van der Waals surface area contributed by atoms with Gasteiger partial charge in [0.25, 0.3) is 0 Å². The number of nitrogens with zero attached hydrogens (tertiary/aromatic N) is 1. The molecule has 2 aromatic rings. The van der Waals surface area contributed by atoms with Crippen LogP contribution in [0.3, 0.4) is 0 Å². The summed E-state index contributed by atoms with van der Waals surface area (Å²) in [5, 5.41) is 16.7. The number of ether oxygens (including phenoxy) is 2. The Balaban J connectivity index is 1.95. The lowest BCUT2D eigenvalue weighted by Gasteiger charge is -2.16. The molecule has 0 heterocycles. The molecule has 0 bridgehead atoms. The molecule has 140 valence electrons. The van der Waals surface area contributed by atoms with Crippen molar-refractivity contribution in [1.82, 2.24) is 10.6 Å². The molecule has 2 rings (SSSR count). The first-order valence-electron chi connectivity index (χ1n) is 8.63. The van der Waals surface area contributed by atoms with Gasteiger partial charge in [-0.15, -0.1) is 0 Å². The average molecular weight is 357 g/mol. The average Bonchev–Trinajstić information content (AvgIpc) is 2.70. The molecule has 0 saturated carbocycles. The van der Waals surface area contributed by atoms with Gasteiger partial charge < -0.3 is 25.2 Å². The number of hydrogen-bond acceptors (Lipinski definition) is 4. The second kappa shape index (κ2) is 10.3. The van der Waals surface area contributed by atoms with E-state index in [2.05, 4.69) is 15.6 Å². The van der Waals surface area contributed by atoms with Gasteiger partial charge in [-0.05, 0) is 42.3 Å². The normalized spacial score (nSPS) is 12.4. The Labute approximate surface area is 154 Å². The zero-order chi connectivity index (χ0) is 18.8. The van der Waals surface area contributed by atoms with Crippen LogP contribution < -0.4 is 20.1 Å². The Hall–Kier alpha value is -2.73. The third kappa shape index (κ3) is 5.97. The van der Waals surface area contributed by atoms with Gasteiger partial charge in [-0.25, -0.2) is 4.99 Å². The van der Waals surface area contributed by atoms with E-state index in [4.69, 9.17) is 9.47 Å². The molecule has 0 aromatic heterocycles. The summed E-state index contributed by atoms with van der Waals surface area (Å²) < 4.78 is 10.4. The Morgan fingerprint density at radius 3 is 2.42 bits per heavy atom. The second-order valence-electron chi connectivity index (χ2n) is 5.72. The number of rotatable bonds is 8. The molecule has 6 nitrogen and oxygen atoms in total. The van der Waals surface area contributed by atoms with Crippen molar-refractivity contribution in [2.24, 2.45) is 4.99 Å². The maximum absolute atomic E-state index is 10.4. The zero-order valence-corrected chi connectivity index (χ0v) is 15.5. The molecule has 1 atom stereocenters. The van der Waals surface area contributed by atoms with Crippen molar-refractivity contribution >= 4 is 5.96 Å². The van der Waals surface area contributed by atoms with Crippen LogP contribution in [0.1, 0.15) is 24.2 Å². The van der Waals surface area contributed by atoms with Crippen LogP contribution in [-0.4, -0.2) is 38.4 Å². The molecule has 0 aliphatic rings. The summed E-state index contributed by atoms with van der Waals surface area (Å²) >= 11 is 0. The maximum atomic E-state index is 10.4. The minimum atomic E-state index is -0.637. The van der Waals surface area contributed by atoms with E-state index in [9.17, 15) is 5.11 Å². The fourth-order valence-corrected chi connectivity index (χ4v) is 2.42. The first kappa shape index (κ1) is 19.6. The van der Waals surface area contributed by atoms with Gasteiger partial charge in [-0.1, -0.05) is 24.3 Å². The van der Waals surface area contributed by atoms with Crippen molar-refractivity contribution < 1.29 is 14.6 Å². The molecular formula is C20H27N3O3. The van der Waals surface area contributed by atoms with Crippen LogP contribution in [0.15, 0.2) is 53.5 Å².